The molecular weight excluding hydrogens is 216 g/mol. The highest BCUT2D eigenvalue weighted by molar-refractivity contribution is 5.78. The molecule has 0 radical (unpaired) electrons. The number of hydrogen-bond donors (Lipinski definition) is 2. The minimum Gasteiger partial charge on any atom is -0.492 e. The van der Waals surface area contributed by atoms with Crippen LogP contribution in [0, 0.1) is 5.92 Å². The van der Waals surface area contributed by atoms with Gasteiger partial charge < -0.3 is 15.4 Å². The van der Waals surface area contributed by atoms with E-state index in [-0.39, 0.29) is 11.8 Å². The summed E-state index contributed by atoms with van der Waals surface area (Å²) in [7, 11) is 1.84. The first-order valence-electron chi connectivity index (χ1n) is 5.84. The van der Waals surface area contributed by atoms with Crippen molar-refractivity contribution in [2.45, 2.75) is 6.92 Å². The van der Waals surface area contributed by atoms with Gasteiger partial charge in [0.2, 0.25) is 5.91 Å². The Morgan fingerprint density at radius 3 is 2.71 bits per heavy atom. The van der Waals surface area contributed by atoms with Gasteiger partial charge >= 0.3 is 0 Å². The molecule has 0 aromatic heterocycles. The summed E-state index contributed by atoms with van der Waals surface area (Å²) in [5.74, 6) is 0.859. The van der Waals surface area contributed by atoms with Crippen LogP contribution in [0.5, 0.6) is 5.75 Å². The molecule has 1 rings (SSSR count). The molecule has 0 fully saturated rings. The fourth-order valence-electron chi connectivity index (χ4n) is 1.43. The van der Waals surface area contributed by atoms with Gasteiger partial charge in [-0.3, -0.25) is 4.79 Å². The van der Waals surface area contributed by atoms with Crippen molar-refractivity contribution in [3.63, 3.8) is 0 Å². The van der Waals surface area contributed by atoms with Crippen LogP contribution in [0.1, 0.15) is 6.92 Å². The predicted octanol–water partition coefficient (Wildman–Crippen LogP) is 1.04. The second-order valence-corrected chi connectivity index (χ2v) is 3.91. The van der Waals surface area contributed by atoms with Crippen molar-refractivity contribution in [1.82, 2.24) is 10.6 Å². The first kappa shape index (κ1) is 13.5. The van der Waals surface area contributed by atoms with Crippen LogP contribution in [-0.4, -0.2) is 32.7 Å². The quantitative estimate of drug-likeness (QED) is 0.695. The Hall–Kier alpha value is -1.55. The molecule has 0 saturated carbocycles. The van der Waals surface area contributed by atoms with Crippen molar-refractivity contribution >= 4 is 5.91 Å². The lowest BCUT2D eigenvalue weighted by molar-refractivity contribution is -0.124. The van der Waals surface area contributed by atoms with Gasteiger partial charge in [0.15, 0.2) is 0 Å². The molecule has 1 aromatic rings. The van der Waals surface area contributed by atoms with Gasteiger partial charge in [-0.1, -0.05) is 25.1 Å². The molecule has 0 spiro atoms. The van der Waals surface area contributed by atoms with Crippen LogP contribution in [0.2, 0.25) is 0 Å². The molecule has 4 nitrogen and oxygen atoms in total. The Morgan fingerprint density at radius 2 is 2.06 bits per heavy atom. The van der Waals surface area contributed by atoms with Crippen LogP contribution in [-0.2, 0) is 4.79 Å². The number of nitrogens with one attached hydrogen (secondary N) is 2. The van der Waals surface area contributed by atoms with Gasteiger partial charge in [0.25, 0.3) is 0 Å². The van der Waals surface area contributed by atoms with Crippen LogP contribution in [0.4, 0.5) is 0 Å². The lowest BCUT2D eigenvalue weighted by atomic mass is 10.1. The maximum Gasteiger partial charge on any atom is 0.224 e. The largest absolute Gasteiger partial charge is 0.492 e. The minimum absolute atomic E-state index is 0.0169. The fraction of sp³-hybridized carbons (Fsp3) is 0.462. The number of carbonyl (C=O) groups is 1. The van der Waals surface area contributed by atoms with Gasteiger partial charge in [0.1, 0.15) is 12.4 Å². The molecule has 0 aliphatic carbocycles. The second-order valence-electron chi connectivity index (χ2n) is 3.91. The van der Waals surface area contributed by atoms with Gasteiger partial charge in [-0.2, -0.15) is 0 Å². The molecule has 1 amide bonds. The van der Waals surface area contributed by atoms with Crippen molar-refractivity contribution in [3.8, 4) is 5.75 Å². The summed E-state index contributed by atoms with van der Waals surface area (Å²) in [6, 6.07) is 9.57. The minimum atomic E-state index is -0.0169. The third-order valence-corrected chi connectivity index (χ3v) is 2.37. The SMILES string of the molecule is CNCC(C)C(=O)NCCOc1ccccc1. The van der Waals surface area contributed by atoms with E-state index in [1.54, 1.807) is 0 Å². The van der Waals surface area contributed by atoms with E-state index in [0.717, 1.165) is 5.75 Å². The van der Waals surface area contributed by atoms with Crippen molar-refractivity contribution in [2.24, 2.45) is 5.92 Å². The zero-order chi connectivity index (χ0) is 12.5. The summed E-state index contributed by atoms with van der Waals surface area (Å²) < 4.78 is 5.47. The predicted molar refractivity (Wildman–Crippen MR) is 68.0 cm³/mol. The first-order valence-corrected chi connectivity index (χ1v) is 5.84. The van der Waals surface area contributed by atoms with Crippen molar-refractivity contribution in [1.29, 1.82) is 0 Å². The average molecular weight is 236 g/mol. The molecular formula is C13H20N2O2. The lowest BCUT2D eigenvalue weighted by Crippen LogP contribution is -2.36. The van der Waals surface area contributed by atoms with Crippen molar-refractivity contribution in [2.75, 3.05) is 26.7 Å². The highest BCUT2D eigenvalue weighted by Crippen LogP contribution is 2.07. The number of carbonyl (C=O) groups excluding carboxylic acids is 1. The molecule has 1 aromatic carbocycles. The third-order valence-electron chi connectivity index (χ3n) is 2.37. The lowest BCUT2D eigenvalue weighted by Gasteiger charge is -2.12. The first-order chi connectivity index (χ1) is 8.24. The maximum atomic E-state index is 11.5. The summed E-state index contributed by atoms with van der Waals surface area (Å²) in [5, 5.41) is 5.81. The van der Waals surface area contributed by atoms with Crippen LogP contribution in [0.15, 0.2) is 30.3 Å². The third kappa shape index (κ3) is 5.36. The average Bonchev–Trinajstić information content (AvgIpc) is 2.36. The molecule has 1 atom stereocenters. The summed E-state index contributed by atoms with van der Waals surface area (Å²) >= 11 is 0. The maximum absolute atomic E-state index is 11.5. The Balaban J connectivity index is 2.14. The second kappa shape index (κ2) is 7.68. The molecule has 0 saturated heterocycles. The van der Waals surface area contributed by atoms with E-state index >= 15 is 0 Å². The highest BCUT2D eigenvalue weighted by atomic mass is 16.5. The van der Waals surface area contributed by atoms with E-state index in [0.29, 0.717) is 19.7 Å². The molecule has 2 N–H and O–H groups in total. The van der Waals surface area contributed by atoms with E-state index in [2.05, 4.69) is 10.6 Å². The van der Waals surface area contributed by atoms with Crippen molar-refractivity contribution in [3.05, 3.63) is 30.3 Å². The van der Waals surface area contributed by atoms with Gasteiger partial charge in [-0.15, -0.1) is 0 Å². The van der Waals surface area contributed by atoms with E-state index < -0.39 is 0 Å². The molecule has 0 heterocycles. The standard InChI is InChI=1S/C13H20N2O2/c1-11(10-14-2)13(16)15-8-9-17-12-6-4-3-5-7-12/h3-7,11,14H,8-10H2,1-2H3,(H,15,16). The fourth-order valence-corrected chi connectivity index (χ4v) is 1.43. The van der Waals surface area contributed by atoms with Crippen LogP contribution in [0.3, 0.4) is 0 Å². The monoisotopic (exact) mass is 236 g/mol. The van der Waals surface area contributed by atoms with E-state index in [1.807, 2.05) is 44.3 Å². The van der Waals surface area contributed by atoms with E-state index in [1.165, 1.54) is 0 Å². The van der Waals surface area contributed by atoms with Crippen LogP contribution >= 0.6 is 0 Å². The van der Waals surface area contributed by atoms with Gasteiger partial charge in [0, 0.05) is 12.5 Å². The van der Waals surface area contributed by atoms with Gasteiger partial charge in [-0.05, 0) is 19.2 Å². The molecule has 0 aliphatic rings. The Kier molecular flexibility index (Phi) is 6.10. The van der Waals surface area contributed by atoms with E-state index in [9.17, 15) is 4.79 Å². The zero-order valence-electron chi connectivity index (χ0n) is 10.4. The Bertz CT molecular complexity index is 327. The van der Waals surface area contributed by atoms with Crippen LogP contribution in [0.25, 0.3) is 0 Å². The topological polar surface area (TPSA) is 50.4 Å². The summed E-state index contributed by atoms with van der Waals surface area (Å²) in [6.07, 6.45) is 0. The van der Waals surface area contributed by atoms with E-state index in [4.69, 9.17) is 4.74 Å². The summed E-state index contributed by atoms with van der Waals surface area (Å²) in [6.45, 7) is 3.60. The normalized spacial score (nSPS) is 11.9. The highest BCUT2D eigenvalue weighted by Gasteiger charge is 2.10. The number of hydrogen-bond acceptors (Lipinski definition) is 3. The zero-order valence-corrected chi connectivity index (χ0v) is 10.4. The molecule has 94 valence electrons. The number of ether oxygens (including phenoxy) is 1. The molecule has 17 heavy (non-hydrogen) atoms. The number of amides is 1. The smallest absolute Gasteiger partial charge is 0.224 e. The molecule has 0 aliphatic heterocycles. The Labute approximate surface area is 102 Å². The van der Waals surface area contributed by atoms with Gasteiger partial charge in [0.05, 0.1) is 6.54 Å². The summed E-state index contributed by atoms with van der Waals surface area (Å²) in [4.78, 5) is 11.5. The number of benzene rings is 1. The molecule has 1 unspecified atom stereocenters. The van der Waals surface area contributed by atoms with Gasteiger partial charge in [-0.25, -0.2) is 0 Å². The van der Waals surface area contributed by atoms with Crippen molar-refractivity contribution < 1.29 is 9.53 Å². The Morgan fingerprint density at radius 1 is 1.35 bits per heavy atom. The summed E-state index contributed by atoms with van der Waals surface area (Å²) in [5.41, 5.74) is 0. The molecule has 0 bridgehead atoms. The number of rotatable bonds is 7. The van der Waals surface area contributed by atoms with Crippen LogP contribution < -0.4 is 15.4 Å². The molecule has 4 heteroatoms. The number of para-hydroxylation sites is 1.